The molecular weight excluding hydrogens is 284 g/mol. The minimum Gasteiger partial charge on any atom is -0.492 e. The summed E-state index contributed by atoms with van der Waals surface area (Å²) in [6.45, 7) is 6.84. The van der Waals surface area contributed by atoms with Crippen molar-refractivity contribution in [3.8, 4) is 23.0 Å². The molecule has 1 rings (SSSR count). The molecule has 0 fully saturated rings. The maximum atomic E-state index is 5.55. The normalized spacial score (nSPS) is 10.2. The number of ether oxygens (including phenoxy) is 5. The number of hydrogen-bond donors (Lipinski definition) is 0. The van der Waals surface area contributed by atoms with E-state index < -0.39 is 0 Å². The van der Waals surface area contributed by atoms with Crippen LogP contribution in [0.3, 0.4) is 0 Å². The molecule has 0 radical (unpaired) electrons. The minimum absolute atomic E-state index is 0.547. The van der Waals surface area contributed by atoms with E-state index in [9.17, 15) is 0 Å². The molecule has 0 atom stereocenters. The summed E-state index contributed by atoms with van der Waals surface area (Å²) in [6, 6.07) is 0. The molecule has 0 saturated heterocycles. The van der Waals surface area contributed by atoms with E-state index in [1.165, 1.54) is 0 Å². The SMILES string of the molecule is C=CCOCCCc1c(C)c(OC)c(OC)c(OC)c1OC. The molecule has 5 nitrogen and oxygen atoms in total. The number of rotatable bonds is 10. The highest BCUT2D eigenvalue weighted by Crippen LogP contribution is 2.49. The van der Waals surface area contributed by atoms with Crippen molar-refractivity contribution in [2.45, 2.75) is 19.8 Å². The van der Waals surface area contributed by atoms with Crippen LogP contribution in [0.25, 0.3) is 0 Å². The largest absolute Gasteiger partial charge is 0.492 e. The lowest BCUT2D eigenvalue weighted by molar-refractivity contribution is 0.159. The third kappa shape index (κ3) is 3.85. The van der Waals surface area contributed by atoms with E-state index in [1.807, 2.05) is 6.92 Å². The first-order chi connectivity index (χ1) is 10.7. The summed E-state index contributed by atoms with van der Waals surface area (Å²) in [6.07, 6.45) is 3.40. The molecule has 5 heteroatoms. The van der Waals surface area contributed by atoms with E-state index in [0.29, 0.717) is 36.2 Å². The summed E-state index contributed by atoms with van der Waals surface area (Å²) in [5, 5.41) is 0. The van der Waals surface area contributed by atoms with Crippen molar-refractivity contribution >= 4 is 0 Å². The molecule has 0 amide bonds. The van der Waals surface area contributed by atoms with Crippen molar-refractivity contribution < 1.29 is 23.7 Å². The Balaban J connectivity index is 3.16. The van der Waals surface area contributed by atoms with Gasteiger partial charge in [0.2, 0.25) is 11.5 Å². The van der Waals surface area contributed by atoms with Crippen molar-refractivity contribution in [2.75, 3.05) is 41.7 Å². The van der Waals surface area contributed by atoms with Gasteiger partial charge in [-0.15, -0.1) is 6.58 Å². The summed E-state index contributed by atoms with van der Waals surface area (Å²) in [5.74, 6) is 2.45. The van der Waals surface area contributed by atoms with Crippen molar-refractivity contribution in [1.82, 2.24) is 0 Å². The van der Waals surface area contributed by atoms with Crippen LogP contribution in [0.1, 0.15) is 17.5 Å². The molecule has 0 aliphatic heterocycles. The highest BCUT2D eigenvalue weighted by atomic mass is 16.5. The van der Waals surface area contributed by atoms with Crippen LogP contribution in [0.5, 0.6) is 23.0 Å². The molecule has 0 spiro atoms. The van der Waals surface area contributed by atoms with Crippen LogP contribution >= 0.6 is 0 Å². The molecular formula is C17H26O5. The summed E-state index contributed by atoms with van der Waals surface area (Å²) in [7, 11) is 6.42. The monoisotopic (exact) mass is 310 g/mol. The first kappa shape index (κ1) is 18.2. The average molecular weight is 310 g/mol. The standard InChI is InChI=1S/C17H26O5/c1-7-10-22-11-8-9-13-12(2)14(18-3)16(20-5)17(21-6)15(13)19-4/h7H,1,8-11H2,2-6H3. The van der Waals surface area contributed by atoms with Gasteiger partial charge in [0.15, 0.2) is 11.5 Å². The first-order valence-corrected chi connectivity index (χ1v) is 7.20. The van der Waals surface area contributed by atoms with Gasteiger partial charge in [0.1, 0.15) is 0 Å². The summed E-state index contributed by atoms with van der Waals surface area (Å²) in [4.78, 5) is 0. The fourth-order valence-electron chi connectivity index (χ4n) is 2.47. The zero-order valence-corrected chi connectivity index (χ0v) is 14.2. The molecule has 0 N–H and O–H groups in total. The number of benzene rings is 1. The first-order valence-electron chi connectivity index (χ1n) is 7.20. The second-order valence-corrected chi connectivity index (χ2v) is 4.70. The third-order valence-corrected chi connectivity index (χ3v) is 3.45. The van der Waals surface area contributed by atoms with Gasteiger partial charge in [-0.3, -0.25) is 0 Å². The van der Waals surface area contributed by atoms with E-state index in [2.05, 4.69) is 6.58 Å². The van der Waals surface area contributed by atoms with Gasteiger partial charge >= 0.3 is 0 Å². The van der Waals surface area contributed by atoms with Crippen LogP contribution < -0.4 is 18.9 Å². The second kappa shape index (κ2) is 9.20. The Bertz CT molecular complexity index is 497. The van der Waals surface area contributed by atoms with Gasteiger partial charge in [-0.05, 0) is 19.8 Å². The Hall–Kier alpha value is -1.88. The average Bonchev–Trinajstić information content (AvgIpc) is 2.54. The lowest BCUT2D eigenvalue weighted by Gasteiger charge is -2.21. The van der Waals surface area contributed by atoms with Crippen LogP contribution in [0, 0.1) is 6.92 Å². The van der Waals surface area contributed by atoms with Gasteiger partial charge in [0.05, 0.1) is 35.0 Å². The molecule has 22 heavy (non-hydrogen) atoms. The molecule has 0 aromatic heterocycles. The van der Waals surface area contributed by atoms with E-state index >= 15 is 0 Å². The Labute approximate surface area is 132 Å². The lowest BCUT2D eigenvalue weighted by Crippen LogP contribution is -2.06. The van der Waals surface area contributed by atoms with Gasteiger partial charge in [0, 0.05) is 17.7 Å². The smallest absolute Gasteiger partial charge is 0.207 e. The van der Waals surface area contributed by atoms with E-state index in [0.717, 1.165) is 24.0 Å². The highest BCUT2D eigenvalue weighted by Gasteiger charge is 2.24. The predicted octanol–water partition coefficient (Wildman–Crippen LogP) is 3.16. The molecule has 0 aliphatic rings. The van der Waals surface area contributed by atoms with Crippen molar-refractivity contribution in [2.24, 2.45) is 0 Å². The zero-order valence-electron chi connectivity index (χ0n) is 14.2. The van der Waals surface area contributed by atoms with Crippen LogP contribution in [0.2, 0.25) is 0 Å². The molecule has 0 unspecified atom stereocenters. The van der Waals surface area contributed by atoms with E-state index in [-0.39, 0.29) is 0 Å². The van der Waals surface area contributed by atoms with Gasteiger partial charge in [-0.2, -0.15) is 0 Å². The lowest BCUT2D eigenvalue weighted by atomic mass is 10.00. The zero-order chi connectivity index (χ0) is 16.5. The maximum Gasteiger partial charge on any atom is 0.207 e. The van der Waals surface area contributed by atoms with Crippen LogP contribution in [0.15, 0.2) is 12.7 Å². The fraction of sp³-hybridized carbons (Fsp3) is 0.529. The maximum absolute atomic E-state index is 5.55. The van der Waals surface area contributed by atoms with E-state index in [1.54, 1.807) is 34.5 Å². The molecule has 0 bridgehead atoms. The molecule has 1 aromatic carbocycles. The van der Waals surface area contributed by atoms with Gasteiger partial charge in [0.25, 0.3) is 0 Å². The Morgan fingerprint density at radius 2 is 1.41 bits per heavy atom. The molecule has 0 heterocycles. The molecule has 124 valence electrons. The van der Waals surface area contributed by atoms with Crippen molar-refractivity contribution in [1.29, 1.82) is 0 Å². The number of hydrogen-bond acceptors (Lipinski definition) is 5. The summed E-state index contributed by atoms with van der Waals surface area (Å²) >= 11 is 0. The molecule has 0 saturated carbocycles. The highest BCUT2D eigenvalue weighted by molar-refractivity contribution is 5.66. The Kier molecular flexibility index (Phi) is 7.60. The third-order valence-electron chi connectivity index (χ3n) is 3.45. The molecule has 0 aliphatic carbocycles. The van der Waals surface area contributed by atoms with Gasteiger partial charge in [-0.25, -0.2) is 0 Å². The van der Waals surface area contributed by atoms with Crippen LogP contribution in [-0.2, 0) is 11.2 Å². The van der Waals surface area contributed by atoms with Crippen LogP contribution in [0.4, 0.5) is 0 Å². The summed E-state index contributed by atoms with van der Waals surface area (Å²) < 4.78 is 27.4. The second-order valence-electron chi connectivity index (χ2n) is 4.70. The number of methoxy groups -OCH3 is 4. The van der Waals surface area contributed by atoms with Crippen molar-refractivity contribution in [3.63, 3.8) is 0 Å². The predicted molar refractivity (Wildman–Crippen MR) is 86.7 cm³/mol. The topological polar surface area (TPSA) is 46.2 Å². The quantitative estimate of drug-likeness (QED) is 0.491. The fourth-order valence-corrected chi connectivity index (χ4v) is 2.47. The summed E-state index contributed by atoms with van der Waals surface area (Å²) in [5.41, 5.74) is 2.03. The van der Waals surface area contributed by atoms with Gasteiger partial charge < -0.3 is 23.7 Å². The van der Waals surface area contributed by atoms with Crippen LogP contribution in [-0.4, -0.2) is 41.7 Å². The Morgan fingerprint density at radius 3 is 1.91 bits per heavy atom. The van der Waals surface area contributed by atoms with E-state index in [4.69, 9.17) is 23.7 Å². The van der Waals surface area contributed by atoms with Crippen molar-refractivity contribution in [3.05, 3.63) is 23.8 Å². The molecule has 1 aromatic rings. The minimum atomic E-state index is 0.547. The Morgan fingerprint density at radius 1 is 0.864 bits per heavy atom. The van der Waals surface area contributed by atoms with Gasteiger partial charge in [-0.1, -0.05) is 6.08 Å².